The van der Waals surface area contributed by atoms with Crippen molar-refractivity contribution in [1.29, 1.82) is 0 Å². The quantitative estimate of drug-likeness (QED) is 0.211. The predicted molar refractivity (Wildman–Crippen MR) is 118 cm³/mol. The average Bonchev–Trinajstić information content (AvgIpc) is 2.58. The van der Waals surface area contributed by atoms with Crippen molar-refractivity contribution in [3.05, 3.63) is 29.8 Å². The Bertz CT molecular complexity index is 503. The molecule has 0 bridgehead atoms. The van der Waals surface area contributed by atoms with E-state index in [-0.39, 0.29) is 29.9 Å². The minimum Gasteiger partial charge on any atom is -0.357 e. The van der Waals surface area contributed by atoms with Gasteiger partial charge in [-0.1, -0.05) is 38.8 Å². The maximum absolute atomic E-state index is 11.6. The molecule has 1 aromatic carbocycles. The van der Waals surface area contributed by atoms with Gasteiger partial charge < -0.3 is 16.0 Å². The van der Waals surface area contributed by atoms with Crippen LogP contribution >= 0.6 is 24.0 Å². The van der Waals surface area contributed by atoms with Gasteiger partial charge in [0.1, 0.15) is 0 Å². The monoisotopic (exact) mass is 460 g/mol. The number of nitrogens with zero attached hydrogens (tertiary/aromatic N) is 1. The molecule has 1 rings (SSSR count). The third-order valence-corrected chi connectivity index (χ3v) is 3.55. The Morgan fingerprint density at radius 2 is 1.72 bits per heavy atom. The molecule has 142 valence electrons. The van der Waals surface area contributed by atoms with Gasteiger partial charge in [0.05, 0.1) is 6.54 Å². The molecule has 0 saturated carbocycles. The first kappa shape index (κ1) is 23.7. The van der Waals surface area contributed by atoms with Crippen LogP contribution in [0.1, 0.15) is 58.4 Å². The third-order valence-electron chi connectivity index (χ3n) is 3.55. The largest absolute Gasteiger partial charge is 0.357 e. The van der Waals surface area contributed by atoms with Crippen LogP contribution in [0.25, 0.3) is 0 Å². The van der Waals surface area contributed by atoms with Gasteiger partial charge in [-0.05, 0) is 37.5 Å². The lowest BCUT2D eigenvalue weighted by molar-refractivity contribution is -0.116. The van der Waals surface area contributed by atoms with Gasteiger partial charge in [-0.2, -0.15) is 0 Å². The maximum Gasteiger partial charge on any atom is 0.224 e. The van der Waals surface area contributed by atoms with Crippen LogP contribution in [-0.2, 0) is 11.3 Å². The highest BCUT2D eigenvalue weighted by atomic mass is 127. The van der Waals surface area contributed by atoms with Crippen LogP contribution in [0.4, 0.5) is 5.69 Å². The molecule has 0 heterocycles. The van der Waals surface area contributed by atoms with Gasteiger partial charge >= 0.3 is 0 Å². The Morgan fingerprint density at radius 3 is 2.32 bits per heavy atom. The second-order valence-corrected chi connectivity index (χ2v) is 5.82. The highest BCUT2D eigenvalue weighted by Crippen LogP contribution is 2.11. The molecule has 0 aliphatic rings. The minimum absolute atomic E-state index is 0. The minimum atomic E-state index is 0. The molecule has 0 aromatic heterocycles. The van der Waals surface area contributed by atoms with Crippen LogP contribution in [0.15, 0.2) is 29.3 Å². The fraction of sp³-hybridized carbons (Fsp3) is 0.579. The van der Waals surface area contributed by atoms with Gasteiger partial charge in [0.2, 0.25) is 5.91 Å². The summed E-state index contributed by atoms with van der Waals surface area (Å²) in [6.45, 7) is 8.68. The summed E-state index contributed by atoms with van der Waals surface area (Å²) in [7, 11) is 0. The van der Waals surface area contributed by atoms with E-state index in [0.29, 0.717) is 13.0 Å². The SMILES string of the molecule is CCCCCNC(=NCc1ccc(NC(=O)CCC)cc1)NCC.I. The number of unbranched alkanes of at least 4 members (excludes halogenated alkanes) is 2. The Labute approximate surface area is 169 Å². The number of hydrogen-bond donors (Lipinski definition) is 3. The number of anilines is 1. The summed E-state index contributed by atoms with van der Waals surface area (Å²) >= 11 is 0. The second-order valence-electron chi connectivity index (χ2n) is 5.82. The van der Waals surface area contributed by atoms with Gasteiger partial charge in [-0.15, -0.1) is 24.0 Å². The maximum atomic E-state index is 11.6. The van der Waals surface area contributed by atoms with E-state index in [4.69, 9.17) is 0 Å². The third kappa shape index (κ3) is 11.0. The van der Waals surface area contributed by atoms with Gasteiger partial charge in [0.15, 0.2) is 5.96 Å². The number of guanidine groups is 1. The number of carbonyl (C=O) groups excluding carboxylic acids is 1. The molecule has 0 fully saturated rings. The molecule has 0 unspecified atom stereocenters. The summed E-state index contributed by atoms with van der Waals surface area (Å²) in [5.41, 5.74) is 1.96. The van der Waals surface area contributed by atoms with E-state index in [9.17, 15) is 4.79 Å². The van der Waals surface area contributed by atoms with E-state index in [1.807, 2.05) is 31.2 Å². The van der Waals surface area contributed by atoms with E-state index in [2.05, 4.69) is 34.8 Å². The molecule has 0 radical (unpaired) electrons. The Morgan fingerprint density at radius 1 is 1.00 bits per heavy atom. The van der Waals surface area contributed by atoms with E-state index in [1.54, 1.807) is 0 Å². The molecule has 1 amide bonds. The van der Waals surface area contributed by atoms with Crippen molar-refractivity contribution in [2.45, 2.75) is 59.4 Å². The van der Waals surface area contributed by atoms with Crippen molar-refractivity contribution in [2.24, 2.45) is 4.99 Å². The number of halogens is 1. The molecule has 0 spiro atoms. The van der Waals surface area contributed by atoms with Crippen molar-refractivity contribution in [2.75, 3.05) is 18.4 Å². The molecule has 3 N–H and O–H groups in total. The molecule has 0 aliphatic carbocycles. The number of hydrogen-bond acceptors (Lipinski definition) is 2. The lowest BCUT2D eigenvalue weighted by Gasteiger charge is -2.11. The van der Waals surface area contributed by atoms with Crippen LogP contribution in [-0.4, -0.2) is 25.0 Å². The van der Waals surface area contributed by atoms with Crippen LogP contribution in [0.2, 0.25) is 0 Å². The molecule has 1 aromatic rings. The fourth-order valence-electron chi connectivity index (χ4n) is 2.24. The summed E-state index contributed by atoms with van der Waals surface area (Å²) in [6, 6.07) is 7.87. The molecule has 25 heavy (non-hydrogen) atoms. The van der Waals surface area contributed by atoms with Gasteiger partial charge in [0, 0.05) is 25.2 Å². The average molecular weight is 460 g/mol. The number of benzene rings is 1. The van der Waals surface area contributed by atoms with Crippen LogP contribution < -0.4 is 16.0 Å². The molecular weight excluding hydrogens is 427 g/mol. The zero-order chi connectivity index (χ0) is 17.6. The molecule has 5 nitrogen and oxygen atoms in total. The topological polar surface area (TPSA) is 65.5 Å². The molecule has 0 saturated heterocycles. The zero-order valence-corrected chi connectivity index (χ0v) is 18.1. The van der Waals surface area contributed by atoms with Crippen LogP contribution in [0.5, 0.6) is 0 Å². The van der Waals surface area contributed by atoms with Crippen LogP contribution in [0.3, 0.4) is 0 Å². The number of rotatable bonds is 10. The van der Waals surface area contributed by atoms with Crippen molar-refractivity contribution in [1.82, 2.24) is 10.6 Å². The first-order valence-electron chi connectivity index (χ1n) is 9.10. The first-order valence-corrected chi connectivity index (χ1v) is 9.10. The Hall–Kier alpha value is -1.31. The lowest BCUT2D eigenvalue weighted by atomic mass is 10.2. The number of aliphatic imine (C=N–C) groups is 1. The van der Waals surface area contributed by atoms with E-state index < -0.39 is 0 Å². The van der Waals surface area contributed by atoms with Crippen molar-refractivity contribution in [3.63, 3.8) is 0 Å². The zero-order valence-electron chi connectivity index (χ0n) is 15.7. The number of amides is 1. The number of carbonyl (C=O) groups is 1. The van der Waals surface area contributed by atoms with Crippen LogP contribution in [0, 0.1) is 0 Å². The lowest BCUT2D eigenvalue weighted by Crippen LogP contribution is -2.37. The highest BCUT2D eigenvalue weighted by molar-refractivity contribution is 14.0. The smallest absolute Gasteiger partial charge is 0.224 e. The summed E-state index contributed by atoms with van der Waals surface area (Å²) < 4.78 is 0. The summed E-state index contributed by atoms with van der Waals surface area (Å²) in [5.74, 6) is 0.919. The van der Waals surface area contributed by atoms with Gasteiger partial charge in [-0.25, -0.2) is 4.99 Å². The molecule has 6 heteroatoms. The van der Waals surface area contributed by atoms with Crippen molar-refractivity contribution < 1.29 is 4.79 Å². The van der Waals surface area contributed by atoms with Gasteiger partial charge in [-0.3, -0.25) is 4.79 Å². The Balaban J connectivity index is 0.00000576. The fourth-order valence-corrected chi connectivity index (χ4v) is 2.24. The van der Waals surface area contributed by atoms with Gasteiger partial charge in [0.25, 0.3) is 0 Å². The Kier molecular flexibility index (Phi) is 14.2. The summed E-state index contributed by atoms with van der Waals surface area (Å²) in [6.07, 6.45) is 5.03. The normalized spacial score (nSPS) is 10.8. The van der Waals surface area contributed by atoms with E-state index >= 15 is 0 Å². The molecule has 0 aliphatic heterocycles. The van der Waals surface area contributed by atoms with E-state index in [0.717, 1.165) is 43.1 Å². The second kappa shape index (κ2) is 15.0. The number of nitrogens with one attached hydrogen (secondary N) is 3. The highest BCUT2D eigenvalue weighted by Gasteiger charge is 2.01. The van der Waals surface area contributed by atoms with E-state index in [1.165, 1.54) is 12.8 Å². The van der Waals surface area contributed by atoms with Crippen molar-refractivity contribution >= 4 is 41.5 Å². The first-order chi connectivity index (χ1) is 11.7. The standard InChI is InChI=1S/C19H32N4O.HI/c1-4-7-8-14-21-19(20-6-3)22-15-16-10-12-17(13-11-16)23-18(24)9-5-2;/h10-13H,4-9,14-15H2,1-3H3,(H,23,24)(H2,20,21,22);1H. The molecular formula is C19H33IN4O. The summed E-state index contributed by atoms with van der Waals surface area (Å²) in [5, 5.41) is 9.52. The summed E-state index contributed by atoms with van der Waals surface area (Å²) in [4.78, 5) is 16.2. The predicted octanol–water partition coefficient (Wildman–Crippen LogP) is 4.29. The molecule has 0 atom stereocenters. The van der Waals surface area contributed by atoms with Crippen molar-refractivity contribution in [3.8, 4) is 0 Å².